The van der Waals surface area contributed by atoms with Crippen LogP contribution in [0.2, 0.25) is 0 Å². The maximum atomic E-state index is 13.2. The van der Waals surface area contributed by atoms with E-state index >= 15 is 0 Å². The van der Waals surface area contributed by atoms with Crippen LogP contribution in [0.4, 0.5) is 0 Å². The third-order valence-corrected chi connectivity index (χ3v) is 4.82. The summed E-state index contributed by atoms with van der Waals surface area (Å²) in [5, 5.41) is 9.49. The number of piperidine rings is 1. The third kappa shape index (κ3) is 3.80. The number of nitrogens with one attached hydrogen (secondary N) is 1. The van der Waals surface area contributed by atoms with Gasteiger partial charge in [-0.25, -0.2) is 14.2 Å². The molecule has 0 radical (unpaired) electrons. The average molecular weight is 373 g/mol. The van der Waals surface area contributed by atoms with Crippen LogP contribution in [-0.4, -0.2) is 45.7 Å². The Kier molecular flexibility index (Phi) is 5.46. The number of aromatic carboxylic acids is 1. The molecule has 2 heterocycles. The maximum Gasteiger partial charge on any atom is 0.352 e. The van der Waals surface area contributed by atoms with E-state index in [0.29, 0.717) is 11.4 Å². The number of benzene rings is 1. The van der Waals surface area contributed by atoms with Crippen molar-refractivity contribution in [3.63, 3.8) is 0 Å². The summed E-state index contributed by atoms with van der Waals surface area (Å²) in [7, 11) is 1.45. The SMILES string of the molecule is COc1ccc(C)cc1-n1c(=O)[nH]c(C(=O)O)c(CN2CCCCC2)c1=O. The van der Waals surface area contributed by atoms with Crippen molar-refractivity contribution in [1.82, 2.24) is 14.5 Å². The summed E-state index contributed by atoms with van der Waals surface area (Å²) in [6.07, 6.45) is 3.13. The van der Waals surface area contributed by atoms with Gasteiger partial charge in [-0.05, 0) is 50.6 Å². The smallest absolute Gasteiger partial charge is 0.352 e. The van der Waals surface area contributed by atoms with Gasteiger partial charge in [0.05, 0.1) is 18.4 Å². The van der Waals surface area contributed by atoms with Gasteiger partial charge in [-0.15, -0.1) is 0 Å². The number of carboxylic acid groups (broad SMARTS) is 1. The summed E-state index contributed by atoms with van der Waals surface area (Å²) < 4.78 is 6.25. The molecule has 144 valence electrons. The van der Waals surface area contributed by atoms with Gasteiger partial charge < -0.3 is 14.8 Å². The van der Waals surface area contributed by atoms with Crippen molar-refractivity contribution in [3.05, 3.63) is 55.9 Å². The van der Waals surface area contributed by atoms with Gasteiger partial charge in [-0.1, -0.05) is 12.5 Å². The Morgan fingerprint density at radius 1 is 1.22 bits per heavy atom. The van der Waals surface area contributed by atoms with Crippen LogP contribution in [-0.2, 0) is 6.54 Å². The molecule has 1 saturated heterocycles. The highest BCUT2D eigenvalue weighted by atomic mass is 16.5. The van der Waals surface area contributed by atoms with Gasteiger partial charge >= 0.3 is 11.7 Å². The molecule has 0 unspecified atom stereocenters. The van der Waals surface area contributed by atoms with E-state index in [2.05, 4.69) is 4.98 Å². The Balaban J connectivity index is 2.20. The Morgan fingerprint density at radius 2 is 1.93 bits per heavy atom. The monoisotopic (exact) mass is 373 g/mol. The number of aryl methyl sites for hydroxylation is 1. The summed E-state index contributed by atoms with van der Waals surface area (Å²) in [4.78, 5) is 41.8. The lowest BCUT2D eigenvalue weighted by Crippen LogP contribution is -2.41. The molecule has 8 heteroatoms. The fourth-order valence-electron chi connectivity index (χ4n) is 3.44. The maximum absolute atomic E-state index is 13.2. The quantitative estimate of drug-likeness (QED) is 0.824. The van der Waals surface area contributed by atoms with Crippen LogP contribution in [0, 0.1) is 6.92 Å². The second kappa shape index (κ2) is 7.79. The van der Waals surface area contributed by atoms with Crippen molar-refractivity contribution in [1.29, 1.82) is 0 Å². The lowest BCUT2D eigenvalue weighted by Gasteiger charge is -2.26. The number of ether oxygens (including phenoxy) is 1. The number of hydrogen-bond donors (Lipinski definition) is 2. The lowest BCUT2D eigenvalue weighted by molar-refractivity contribution is 0.0686. The van der Waals surface area contributed by atoms with Crippen LogP contribution in [0.15, 0.2) is 27.8 Å². The van der Waals surface area contributed by atoms with Crippen LogP contribution in [0.1, 0.15) is 40.9 Å². The van der Waals surface area contributed by atoms with E-state index in [-0.39, 0.29) is 17.8 Å². The van der Waals surface area contributed by atoms with Gasteiger partial charge in [-0.2, -0.15) is 0 Å². The van der Waals surface area contributed by atoms with Gasteiger partial charge in [0.2, 0.25) is 0 Å². The predicted octanol–water partition coefficient (Wildman–Crippen LogP) is 1.53. The minimum atomic E-state index is -1.32. The second-order valence-corrected chi connectivity index (χ2v) is 6.74. The van der Waals surface area contributed by atoms with E-state index in [0.717, 1.165) is 42.5 Å². The first-order chi connectivity index (χ1) is 12.9. The fraction of sp³-hybridized carbons (Fsp3) is 0.421. The lowest BCUT2D eigenvalue weighted by atomic mass is 10.1. The van der Waals surface area contributed by atoms with Crippen LogP contribution in [0.25, 0.3) is 5.69 Å². The topological polar surface area (TPSA) is 105 Å². The molecule has 0 aliphatic carbocycles. The zero-order valence-corrected chi connectivity index (χ0v) is 15.4. The number of aromatic nitrogens is 2. The highest BCUT2D eigenvalue weighted by molar-refractivity contribution is 5.86. The predicted molar refractivity (Wildman–Crippen MR) is 100 cm³/mol. The average Bonchev–Trinajstić information content (AvgIpc) is 2.65. The van der Waals surface area contributed by atoms with Gasteiger partial charge in [0, 0.05) is 6.54 Å². The molecular formula is C19H23N3O5. The Morgan fingerprint density at radius 3 is 2.56 bits per heavy atom. The molecule has 2 N–H and O–H groups in total. The van der Waals surface area contributed by atoms with E-state index in [1.54, 1.807) is 12.1 Å². The van der Waals surface area contributed by atoms with E-state index in [9.17, 15) is 19.5 Å². The number of rotatable bonds is 5. The highest BCUT2D eigenvalue weighted by Crippen LogP contribution is 2.22. The number of carboxylic acids is 1. The minimum Gasteiger partial charge on any atom is -0.495 e. The largest absolute Gasteiger partial charge is 0.495 e. The Hall–Kier alpha value is -2.87. The van der Waals surface area contributed by atoms with Crippen molar-refractivity contribution in [3.8, 4) is 11.4 Å². The first-order valence-corrected chi connectivity index (χ1v) is 8.91. The van der Waals surface area contributed by atoms with Crippen LogP contribution in [0.3, 0.4) is 0 Å². The molecule has 1 aromatic heterocycles. The number of likely N-dealkylation sites (tertiary alicyclic amines) is 1. The first kappa shape index (κ1) is 18.9. The zero-order valence-electron chi connectivity index (χ0n) is 15.4. The van der Waals surface area contributed by atoms with Crippen LogP contribution < -0.4 is 16.0 Å². The number of nitrogens with zero attached hydrogens (tertiary/aromatic N) is 2. The van der Waals surface area contributed by atoms with E-state index in [1.165, 1.54) is 7.11 Å². The highest BCUT2D eigenvalue weighted by Gasteiger charge is 2.23. The summed E-state index contributed by atoms with van der Waals surface area (Å²) in [5.41, 5.74) is -0.571. The molecule has 3 rings (SSSR count). The molecule has 1 aromatic carbocycles. The summed E-state index contributed by atoms with van der Waals surface area (Å²) in [5.74, 6) is -0.959. The molecule has 2 aromatic rings. The minimum absolute atomic E-state index is 0.0764. The number of hydrogen-bond acceptors (Lipinski definition) is 5. The zero-order chi connectivity index (χ0) is 19.6. The van der Waals surface area contributed by atoms with Gasteiger partial charge in [0.1, 0.15) is 11.4 Å². The summed E-state index contributed by atoms with van der Waals surface area (Å²) in [6.45, 7) is 3.62. The fourth-order valence-corrected chi connectivity index (χ4v) is 3.44. The molecule has 0 saturated carbocycles. The Labute approximate surface area is 156 Å². The molecule has 27 heavy (non-hydrogen) atoms. The number of aromatic amines is 1. The van der Waals surface area contributed by atoms with Gasteiger partial charge in [0.15, 0.2) is 0 Å². The van der Waals surface area contributed by atoms with Crippen molar-refractivity contribution >= 4 is 5.97 Å². The molecule has 0 atom stereocenters. The first-order valence-electron chi connectivity index (χ1n) is 8.91. The third-order valence-electron chi connectivity index (χ3n) is 4.82. The van der Waals surface area contributed by atoms with E-state index in [4.69, 9.17) is 4.74 Å². The molecule has 1 aliphatic heterocycles. The molecule has 0 spiro atoms. The number of carbonyl (C=O) groups is 1. The van der Waals surface area contributed by atoms with Crippen molar-refractivity contribution in [2.24, 2.45) is 0 Å². The normalized spacial score (nSPS) is 14.9. The molecule has 1 fully saturated rings. The molecular weight excluding hydrogens is 350 g/mol. The second-order valence-electron chi connectivity index (χ2n) is 6.74. The van der Waals surface area contributed by atoms with Gasteiger partial charge in [-0.3, -0.25) is 9.69 Å². The molecule has 8 nitrogen and oxygen atoms in total. The summed E-state index contributed by atoms with van der Waals surface area (Å²) >= 11 is 0. The standard InChI is InChI=1S/C19H23N3O5/c1-12-6-7-15(27-2)14(10-12)22-17(23)13(11-21-8-4-3-5-9-21)16(18(24)25)20-19(22)26/h6-7,10H,3-5,8-9,11H2,1-2H3,(H,20,26)(H,24,25). The van der Waals surface area contributed by atoms with Gasteiger partial charge in [0.25, 0.3) is 5.56 Å². The molecule has 0 bridgehead atoms. The van der Waals surface area contributed by atoms with Crippen molar-refractivity contribution in [2.75, 3.05) is 20.2 Å². The molecule has 1 aliphatic rings. The summed E-state index contributed by atoms with van der Waals surface area (Å²) in [6, 6.07) is 5.15. The van der Waals surface area contributed by atoms with E-state index < -0.39 is 17.2 Å². The number of methoxy groups -OCH3 is 1. The Bertz CT molecular complexity index is 970. The van der Waals surface area contributed by atoms with Crippen LogP contribution in [0.5, 0.6) is 5.75 Å². The number of H-pyrrole nitrogens is 1. The van der Waals surface area contributed by atoms with Crippen molar-refractivity contribution in [2.45, 2.75) is 32.7 Å². The van der Waals surface area contributed by atoms with Crippen LogP contribution >= 0.6 is 0 Å². The van der Waals surface area contributed by atoms with E-state index in [1.807, 2.05) is 17.9 Å². The molecule has 0 amide bonds. The van der Waals surface area contributed by atoms with Crippen molar-refractivity contribution < 1.29 is 14.6 Å².